The SMILES string of the molecule is COC(=O)Nc1ccc(S(=O)(=O)C(C)C)c(C2CCCN2C(=O)[C@H](Nc2cccc(C(N)=O)c2)c2ccc(OC)c(OC)c2)c1. The molecule has 0 spiro atoms. The van der Waals surface area contributed by atoms with Crippen LogP contribution in [0.5, 0.6) is 11.5 Å². The van der Waals surface area contributed by atoms with Crippen molar-refractivity contribution in [2.75, 3.05) is 38.5 Å². The van der Waals surface area contributed by atoms with Crippen LogP contribution in [-0.4, -0.2) is 64.3 Å². The number of nitrogens with one attached hydrogen (secondary N) is 2. The predicted octanol–water partition coefficient (Wildman–Crippen LogP) is 4.68. The molecule has 0 bridgehead atoms. The van der Waals surface area contributed by atoms with Crippen LogP contribution in [0.15, 0.2) is 65.6 Å². The lowest BCUT2D eigenvalue weighted by molar-refractivity contribution is -0.133. The van der Waals surface area contributed by atoms with Crippen LogP contribution in [0, 0.1) is 0 Å². The molecule has 240 valence electrons. The first kappa shape index (κ1) is 33.1. The van der Waals surface area contributed by atoms with E-state index in [1.165, 1.54) is 33.5 Å². The Balaban J connectivity index is 1.82. The van der Waals surface area contributed by atoms with Crippen molar-refractivity contribution in [2.24, 2.45) is 5.73 Å². The number of sulfone groups is 1. The number of primary amides is 1. The van der Waals surface area contributed by atoms with E-state index in [0.29, 0.717) is 53.4 Å². The Morgan fingerprint density at radius 1 is 0.933 bits per heavy atom. The molecule has 1 fully saturated rings. The van der Waals surface area contributed by atoms with Gasteiger partial charge in [-0.2, -0.15) is 0 Å². The summed E-state index contributed by atoms with van der Waals surface area (Å²) in [6, 6.07) is 14.5. The average molecular weight is 639 g/mol. The fourth-order valence-corrected chi connectivity index (χ4v) is 6.63. The zero-order valence-electron chi connectivity index (χ0n) is 25.8. The van der Waals surface area contributed by atoms with Gasteiger partial charge in [-0.3, -0.25) is 14.9 Å². The highest BCUT2D eigenvalue weighted by Gasteiger charge is 2.38. The first-order valence-corrected chi connectivity index (χ1v) is 15.9. The third kappa shape index (κ3) is 7.14. The average Bonchev–Trinajstić information content (AvgIpc) is 3.53. The highest BCUT2D eigenvalue weighted by atomic mass is 32.2. The smallest absolute Gasteiger partial charge is 0.411 e. The number of nitrogens with zero attached hydrogens (tertiary/aromatic N) is 1. The Kier molecular flexibility index (Phi) is 10.2. The minimum atomic E-state index is -3.77. The monoisotopic (exact) mass is 638 g/mol. The van der Waals surface area contributed by atoms with Gasteiger partial charge in [-0.25, -0.2) is 13.2 Å². The molecule has 1 unspecified atom stereocenters. The molecule has 0 aliphatic carbocycles. The van der Waals surface area contributed by atoms with Crippen LogP contribution in [0.1, 0.15) is 60.3 Å². The predicted molar refractivity (Wildman–Crippen MR) is 169 cm³/mol. The summed E-state index contributed by atoms with van der Waals surface area (Å²) in [5.41, 5.74) is 7.51. The first-order valence-electron chi connectivity index (χ1n) is 14.3. The van der Waals surface area contributed by atoms with Crippen LogP contribution in [0.3, 0.4) is 0 Å². The Bertz CT molecular complexity index is 1690. The highest BCUT2D eigenvalue weighted by molar-refractivity contribution is 7.92. The minimum absolute atomic E-state index is 0.0856. The normalized spacial score (nSPS) is 15.3. The molecule has 0 saturated carbocycles. The summed E-state index contributed by atoms with van der Waals surface area (Å²) in [4.78, 5) is 40.2. The molecule has 1 aliphatic rings. The van der Waals surface area contributed by atoms with Gasteiger partial charge in [0.15, 0.2) is 21.3 Å². The summed E-state index contributed by atoms with van der Waals surface area (Å²) in [5.74, 6) is -0.0777. The van der Waals surface area contributed by atoms with Crippen molar-refractivity contribution in [3.05, 3.63) is 77.4 Å². The molecule has 1 saturated heterocycles. The van der Waals surface area contributed by atoms with Gasteiger partial charge in [-0.05, 0) is 86.3 Å². The lowest BCUT2D eigenvalue weighted by Gasteiger charge is -2.32. The van der Waals surface area contributed by atoms with Gasteiger partial charge in [0.1, 0.15) is 6.04 Å². The minimum Gasteiger partial charge on any atom is -0.493 e. The number of ether oxygens (including phenoxy) is 3. The zero-order chi connectivity index (χ0) is 32.9. The van der Waals surface area contributed by atoms with E-state index in [2.05, 4.69) is 10.6 Å². The lowest BCUT2D eigenvalue weighted by Crippen LogP contribution is -2.38. The van der Waals surface area contributed by atoms with Crippen molar-refractivity contribution >= 4 is 39.1 Å². The van der Waals surface area contributed by atoms with Crippen molar-refractivity contribution in [3.63, 3.8) is 0 Å². The van der Waals surface area contributed by atoms with Crippen LogP contribution in [0.25, 0.3) is 0 Å². The molecule has 13 heteroatoms. The molecule has 1 heterocycles. The molecule has 0 radical (unpaired) electrons. The molecular weight excluding hydrogens is 600 g/mol. The quantitative estimate of drug-likeness (QED) is 0.270. The molecular formula is C32H38N4O8S. The Morgan fingerprint density at radius 3 is 2.31 bits per heavy atom. The van der Waals surface area contributed by atoms with Crippen LogP contribution < -0.4 is 25.8 Å². The van der Waals surface area contributed by atoms with Crippen LogP contribution >= 0.6 is 0 Å². The third-order valence-electron chi connectivity index (χ3n) is 7.71. The molecule has 12 nitrogen and oxygen atoms in total. The number of anilines is 2. The number of hydrogen-bond acceptors (Lipinski definition) is 9. The van der Waals surface area contributed by atoms with Gasteiger partial charge in [0.05, 0.1) is 37.5 Å². The first-order chi connectivity index (χ1) is 21.4. The van der Waals surface area contributed by atoms with Gasteiger partial charge in [0, 0.05) is 23.5 Å². The third-order valence-corrected chi connectivity index (χ3v) is 9.94. The number of benzene rings is 3. The lowest BCUT2D eigenvalue weighted by atomic mass is 10.0. The molecule has 1 aliphatic heterocycles. The zero-order valence-corrected chi connectivity index (χ0v) is 26.6. The summed E-state index contributed by atoms with van der Waals surface area (Å²) < 4.78 is 42.6. The fourth-order valence-electron chi connectivity index (χ4n) is 5.34. The second-order valence-electron chi connectivity index (χ2n) is 10.8. The van der Waals surface area contributed by atoms with Crippen LogP contribution in [-0.2, 0) is 19.4 Å². The molecule has 3 aromatic carbocycles. The summed E-state index contributed by atoms with van der Waals surface area (Å²) in [5, 5.41) is 5.12. The van der Waals surface area contributed by atoms with Crippen molar-refractivity contribution in [3.8, 4) is 11.5 Å². The molecule has 4 N–H and O–H groups in total. The van der Waals surface area contributed by atoms with E-state index in [9.17, 15) is 22.8 Å². The maximum atomic E-state index is 14.6. The van der Waals surface area contributed by atoms with E-state index in [1.807, 2.05) is 0 Å². The van der Waals surface area contributed by atoms with Gasteiger partial charge in [0.2, 0.25) is 11.8 Å². The maximum absolute atomic E-state index is 14.6. The van der Waals surface area contributed by atoms with E-state index >= 15 is 0 Å². The second-order valence-corrected chi connectivity index (χ2v) is 13.3. The topological polar surface area (TPSA) is 166 Å². The summed E-state index contributed by atoms with van der Waals surface area (Å²) >= 11 is 0. The van der Waals surface area contributed by atoms with Crippen LogP contribution in [0.2, 0.25) is 0 Å². The van der Waals surface area contributed by atoms with Gasteiger partial charge in [-0.15, -0.1) is 0 Å². The van der Waals surface area contributed by atoms with E-state index in [-0.39, 0.29) is 16.4 Å². The highest BCUT2D eigenvalue weighted by Crippen LogP contribution is 2.41. The molecule has 0 aromatic heterocycles. The van der Waals surface area contributed by atoms with Gasteiger partial charge in [-0.1, -0.05) is 12.1 Å². The fraction of sp³-hybridized carbons (Fsp3) is 0.344. The Morgan fingerprint density at radius 2 is 1.67 bits per heavy atom. The molecule has 2 atom stereocenters. The van der Waals surface area contributed by atoms with Crippen molar-refractivity contribution < 1.29 is 37.0 Å². The number of amides is 3. The van der Waals surface area contributed by atoms with Crippen molar-refractivity contribution in [2.45, 2.75) is 48.9 Å². The molecule has 4 rings (SSSR count). The summed E-state index contributed by atoms with van der Waals surface area (Å²) in [6.07, 6.45) is 0.391. The van der Waals surface area contributed by atoms with Gasteiger partial charge in [0.25, 0.3) is 0 Å². The Hall–Kier alpha value is -4.78. The van der Waals surface area contributed by atoms with E-state index in [4.69, 9.17) is 19.9 Å². The van der Waals surface area contributed by atoms with E-state index in [1.54, 1.807) is 67.3 Å². The number of nitrogens with two attached hydrogens (primary N) is 1. The van der Waals surface area contributed by atoms with Crippen LogP contribution in [0.4, 0.5) is 16.2 Å². The number of carbonyl (C=O) groups is 3. The number of hydrogen-bond donors (Lipinski definition) is 3. The van der Waals surface area contributed by atoms with E-state index in [0.717, 1.165) is 0 Å². The van der Waals surface area contributed by atoms with E-state index < -0.39 is 39.2 Å². The largest absolute Gasteiger partial charge is 0.493 e. The maximum Gasteiger partial charge on any atom is 0.411 e. The Labute approximate surface area is 262 Å². The summed E-state index contributed by atoms with van der Waals surface area (Å²) in [7, 11) is 0.460. The number of carbonyl (C=O) groups excluding carboxylic acids is 3. The van der Waals surface area contributed by atoms with Crippen molar-refractivity contribution in [1.82, 2.24) is 4.90 Å². The summed E-state index contributed by atoms with van der Waals surface area (Å²) in [6.45, 7) is 3.54. The number of likely N-dealkylation sites (tertiary alicyclic amines) is 1. The van der Waals surface area contributed by atoms with Crippen molar-refractivity contribution in [1.29, 1.82) is 0 Å². The van der Waals surface area contributed by atoms with Gasteiger partial charge < -0.3 is 30.2 Å². The number of rotatable bonds is 11. The molecule has 3 amide bonds. The molecule has 3 aromatic rings. The van der Waals surface area contributed by atoms with Gasteiger partial charge >= 0.3 is 6.09 Å². The second kappa shape index (κ2) is 13.9. The number of methoxy groups -OCH3 is 3. The standard InChI is InChI=1S/C32H38N4O8S/c1-19(2)45(40,41)28-14-12-23(35-32(39)44-5)18-24(28)25-10-7-15-36(25)31(38)29(20-11-13-26(42-3)27(17-20)43-4)34-22-9-6-8-21(16-22)30(33)37/h6,8-9,11-14,16-19,25,29,34H,7,10,15H2,1-5H3,(H2,33,37)(H,35,39)/t25?,29-/m1/s1. The molecule has 45 heavy (non-hydrogen) atoms.